The van der Waals surface area contributed by atoms with Gasteiger partial charge in [0.25, 0.3) is 0 Å². The molecule has 7 heteroatoms. The number of rotatable bonds is 9. The van der Waals surface area contributed by atoms with Gasteiger partial charge in [-0.25, -0.2) is 4.79 Å². The maximum absolute atomic E-state index is 13.8. The van der Waals surface area contributed by atoms with Crippen molar-refractivity contribution >= 4 is 23.4 Å². The molecule has 0 bridgehead atoms. The molecular weight excluding hydrogens is 502 g/mol. The molecule has 2 aromatic rings. The van der Waals surface area contributed by atoms with E-state index in [0.29, 0.717) is 59.2 Å². The van der Waals surface area contributed by atoms with Gasteiger partial charge in [-0.15, -0.1) is 0 Å². The Kier molecular flexibility index (Phi) is 8.83. The molecule has 0 saturated heterocycles. The van der Waals surface area contributed by atoms with Crippen LogP contribution in [0.2, 0.25) is 5.02 Å². The number of hydrogen-bond acceptors (Lipinski definition) is 6. The average Bonchev–Trinajstić information content (AvgIpc) is 2.91. The van der Waals surface area contributed by atoms with Gasteiger partial charge in [0.05, 0.1) is 25.4 Å². The van der Waals surface area contributed by atoms with E-state index >= 15 is 0 Å². The highest BCUT2D eigenvalue weighted by molar-refractivity contribution is 6.30. The molecule has 1 heterocycles. The van der Waals surface area contributed by atoms with Gasteiger partial charge in [-0.1, -0.05) is 43.6 Å². The van der Waals surface area contributed by atoms with Gasteiger partial charge in [-0.05, 0) is 74.4 Å². The van der Waals surface area contributed by atoms with Crippen LogP contribution in [0.25, 0.3) is 0 Å². The number of carbonyl (C=O) groups is 2. The molecule has 6 nitrogen and oxygen atoms in total. The average molecular weight is 538 g/mol. The van der Waals surface area contributed by atoms with Gasteiger partial charge in [-0.3, -0.25) is 4.79 Å². The maximum Gasteiger partial charge on any atom is 0.337 e. The maximum atomic E-state index is 13.8. The monoisotopic (exact) mass is 537 g/mol. The van der Waals surface area contributed by atoms with E-state index < -0.39 is 11.9 Å². The van der Waals surface area contributed by atoms with Crippen molar-refractivity contribution in [3.05, 3.63) is 81.2 Å². The topological polar surface area (TPSA) is 73.9 Å². The van der Waals surface area contributed by atoms with Crippen LogP contribution < -0.4 is 14.8 Å². The Hall–Kier alpha value is -3.25. The number of hydrogen-bond donors (Lipinski definition) is 1. The number of ether oxygens (including phenoxy) is 3. The molecule has 0 fully saturated rings. The number of allylic oxidation sites excluding steroid dienone is 3. The zero-order chi connectivity index (χ0) is 27.4. The van der Waals surface area contributed by atoms with Crippen molar-refractivity contribution in [3.8, 4) is 11.5 Å². The number of halogens is 1. The van der Waals surface area contributed by atoms with Crippen molar-refractivity contribution in [1.29, 1.82) is 0 Å². The molecule has 1 N–H and O–H groups in total. The van der Waals surface area contributed by atoms with Crippen molar-refractivity contribution in [2.45, 2.75) is 71.3 Å². The Balaban J connectivity index is 1.79. The van der Waals surface area contributed by atoms with Crippen LogP contribution in [0.1, 0.15) is 76.3 Å². The summed E-state index contributed by atoms with van der Waals surface area (Å²) < 4.78 is 17.3. The predicted octanol–water partition coefficient (Wildman–Crippen LogP) is 6.84. The summed E-state index contributed by atoms with van der Waals surface area (Å²) >= 11 is 6.09. The quantitative estimate of drug-likeness (QED) is 0.353. The summed E-state index contributed by atoms with van der Waals surface area (Å²) in [4.78, 5) is 27.3. The summed E-state index contributed by atoms with van der Waals surface area (Å²) in [6.45, 7) is 8.32. The first kappa shape index (κ1) is 27.8. The summed E-state index contributed by atoms with van der Waals surface area (Å²) in [5.41, 5.74) is 4.45. The second-order valence-electron chi connectivity index (χ2n) is 9.95. The highest BCUT2D eigenvalue weighted by atomic mass is 35.5. The summed E-state index contributed by atoms with van der Waals surface area (Å²) in [5, 5.41) is 4.07. The van der Waals surface area contributed by atoms with Gasteiger partial charge in [0.2, 0.25) is 0 Å². The van der Waals surface area contributed by atoms with Crippen molar-refractivity contribution in [3.63, 3.8) is 0 Å². The molecule has 202 valence electrons. The zero-order valence-corrected chi connectivity index (χ0v) is 23.5. The van der Waals surface area contributed by atoms with Gasteiger partial charge < -0.3 is 19.5 Å². The molecule has 2 aliphatic rings. The van der Waals surface area contributed by atoms with Crippen molar-refractivity contribution in [1.82, 2.24) is 5.32 Å². The van der Waals surface area contributed by atoms with Crippen molar-refractivity contribution in [2.24, 2.45) is 0 Å². The number of nitrogens with one attached hydrogen (secondary N) is 1. The number of ketones is 1. The summed E-state index contributed by atoms with van der Waals surface area (Å²) in [6, 6.07) is 13.3. The minimum Gasteiger partial charge on any atom is -0.493 e. The van der Waals surface area contributed by atoms with Gasteiger partial charge in [0, 0.05) is 34.3 Å². The zero-order valence-electron chi connectivity index (χ0n) is 22.7. The van der Waals surface area contributed by atoms with Crippen molar-refractivity contribution < 1.29 is 23.8 Å². The number of Topliss-reactive ketones (excluding diaryl/α,β-unsaturated/α-hetero) is 1. The Labute approximate surface area is 230 Å². The normalized spacial score (nSPS) is 20.0. The lowest BCUT2D eigenvalue weighted by atomic mass is 9.71. The molecule has 0 radical (unpaired) electrons. The lowest BCUT2D eigenvalue weighted by Crippen LogP contribution is -2.36. The van der Waals surface area contributed by atoms with Crippen LogP contribution in [0.5, 0.6) is 11.5 Å². The van der Waals surface area contributed by atoms with Gasteiger partial charge >= 0.3 is 5.97 Å². The van der Waals surface area contributed by atoms with Crippen LogP contribution in [0, 0.1) is 0 Å². The first-order valence-electron chi connectivity index (χ1n) is 13.3. The smallest absolute Gasteiger partial charge is 0.337 e. The number of benzene rings is 2. The fourth-order valence-corrected chi connectivity index (χ4v) is 5.26. The number of dihydropyridines is 1. The van der Waals surface area contributed by atoms with Crippen LogP contribution in [0.15, 0.2) is 65.0 Å². The lowest BCUT2D eigenvalue weighted by Gasteiger charge is -2.37. The molecule has 3 atom stereocenters. The van der Waals surface area contributed by atoms with E-state index in [4.69, 9.17) is 25.8 Å². The molecular formula is C31H36ClNO5. The second kappa shape index (κ2) is 12.1. The second-order valence-corrected chi connectivity index (χ2v) is 10.4. The van der Waals surface area contributed by atoms with Crippen LogP contribution in [0.4, 0.5) is 0 Å². The predicted molar refractivity (Wildman–Crippen MR) is 149 cm³/mol. The van der Waals surface area contributed by atoms with Gasteiger partial charge in [0.15, 0.2) is 17.3 Å². The van der Waals surface area contributed by atoms with E-state index in [2.05, 4.69) is 5.32 Å². The molecule has 0 aromatic heterocycles. The molecule has 0 saturated carbocycles. The molecule has 0 amide bonds. The Morgan fingerprint density at radius 2 is 1.79 bits per heavy atom. The Morgan fingerprint density at radius 1 is 1.08 bits per heavy atom. The van der Waals surface area contributed by atoms with E-state index in [1.165, 1.54) is 0 Å². The molecule has 0 spiro atoms. The highest BCUT2D eigenvalue weighted by Crippen LogP contribution is 2.47. The summed E-state index contributed by atoms with van der Waals surface area (Å²) in [5.74, 6) is 0.229. The van der Waals surface area contributed by atoms with Crippen LogP contribution in [-0.4, -0.2) is 31.6 Å². The first-order chi connectivity index (χ1) is 18.3. The van der Waals surface area contributed by atoms with Crippen LogP contribution in [-0.2, 0) is 14.3 Å². The standard InChI is InChI=1S/C31H36ClNO5/c1-6-14-37-26-13-10-21(17-27(26)36-5)29-28(31(35)38-18(3)7-2)19(4)33-24-15-22(16-25(34)30(24)29)20-8-11-23(32)12-9-20/h8-13,17-18,22,29,33H,6-7,14-16H2,1-5H3/t18-,22+,29+/m0/s1. The molecule has 1 aliphatic carbocycles. The largest absolute Gasteiger partial charge is 0.493 e. The SMILES string of the molecule is CCCOc1ccc([C@@H]2C(C(=O)O[C@@H](C)CC)=C(C)NC3=C2C(=O)C[C@H](c2ccc(Cl)cc2)C3)cc1OC. The summed E-state index contributed by atoms with van der Waals surface area (Å²) in [6.07, 6.45) is 2.32. The minimum absolute atomic E-state index is 0.00955. The number of methoxy groups -OCH3 is 1. The fraction of sp³-hybridized carbons (Fsp3) is 0.419. The minimum atomic E-state index is -0.574. The third kappa shape index (κ3) is 5.75. The lowest BCUT2D eigenvalue weighted by molar-refractivity contribution is -0.144. The molecule has 0 unspecified atom stereocenters. The fourth-order valence-electron chi connectivity index (χ4n) is 5.14. The van der Waals surface area contributed by atoms with Crippen LogP contribution >= 0.6 is 11.6 Å². The molecule has 1 aliphatic heterocycles. The third-order valence-electron chi connectivity index (χ3n) is 7.25. The van der Waals surface area contributed by atoms with E-state index in [-0.39, 0.29) is 17.8 Å². The molecule has 4 rings (SSSR count). The molecule has 38 heavy (non-hydrogen) atoms. The number of carbonyl (C=O) groups excluding carboxylic acids is 2. The van der Waals surface area contributed by atoms with Crippen molar-refractivity contribution in [2.75, 3.05) is 13.7 Å². The van der Waals surface area contributed by atoms with E-state index in [0.717, 1.165) is 23.2 Å². The highest BCUT2D eigenvalue weighted by Gasteiger charge is 2.42. The molecule has 2 aromatic carbocycles. The van der Waals surface area contributed by atoms with Gasteiger partial charge in [-0.2, -0.15) is 0 Å². The van der Waals surface area contributed by atoms with E-state index in [1.54, 1.807) is 7.11 Å². The first-order valence-corrected chi connectivity index (χ1v) is 13.7. The van der Waals surface area contributed by atoms with Crippen LogP contribution in [0.3, 0.4) is 0 Å². The third-order valence-corrected chi connectivity index (χ3v) is 7.51. The summed E-state index contributed by atoms with van der Waals surface area (Å²) in [7, 11) is 1.59. The Morgan fingerprint density at radius 3 is 2.45 bits per heavy atom. The van der Waals surface area contributed by atoms with E-state index in [1.807, 2.05) is 70.2 Å². The van der Waals surface area contributed by atoms with E-state index in [9.17, 15) is 9.59 Å². The van der Waals surface area contributed by atoms with Gasteiger partial charge in [0.1, 0.15) is 0 Å². The number of esters is 1. The Bertz CT molecular complexity index is 1260.